The monoisotopic (exact) mass is 539 g/mol. The Bertz CT molecular complexity index is 1130. The lowest BCUT2D eigenvalue weighted by Crippen LogP contribution is -2.39. The Hall–Kier alpha value is -2.55. The number of benzene rings is 2. The van der Waals surface area contributed by atoms with E-state index in [9.17, 15) is 4.79 Å². The van der Waals surface area contributed by atoms with Crippen LogP contribution in [-0.4, -0.2) is 72.8 Å². The van der Waals surface area contributed by atoms with Crippen molar-refractivity contribution in [2.24, 2.45) is 0 Å². The van der Waals surface area contributed by atoms with Crippen LogP contribution in [0.5, 0.6) is 0 Å². The molecule has 0 saturated carbocycles. The van der Waals surface area contributed by atoms with Crippen LogP contribution in [0, 0.1) is 0 Å². The van der Waals surface area contributed by atoms with E-state index in [2.05, 4.69) is 37.1 Å². The molecule has 1 aromatic heterocycles. The lowest BCUT2D eigenvalue weighted by Gasteiger charge is -2.29. The maximum Gasteiger partial charge on any atom is 0.221 e. The summed E-state index contributed by atoms with van der Waals surface area (Å²) in [5, 5.41) is 4.01. The molecule has 3 aromatic rings. The molecule has 0 aliphatic carbocycles. The molecular formula is C27H34BrN5O2. The number of hydrogen-bond acceptors (Lipinski definition) is 6. The Morgan fingerprint density at radius 2 is 1.91 bits per heavy atom. The van der Waals surface area contributed by atoms with Gasteiger partial charge in [0.15, 0.2) is 5.82 Å². The Labute approximate surface area is 216 Å². The number of para-hydroxylation sites is 1. The van der Waals surface area contributed by atoms with E-state index in [4.69, 9.17) is 14.7 Å². The summed E-state index contributed by atoms with van der Waals surface area (Å²) in [6.07, 6.45) is 1.40. The number of aromatic nitrogens is 2. The molecular weight excluding hydrogens is 506 g/mol. The van der Waals surface area contributed by atoms with Crippen LogP contribution in [0.3, 0.4) is 0 Å². The molecule has 0 spiro atoms. The van der Waals surface area contributed by atoms with Crippen molar-refractivity contribution < 1.29 is 9.53 Å². The SMILES string of the molecule is CC(C)NC(=O)CCN(CCCN1CCOCC1)c1nc(-c2cccc(Br)c2)nc2ccccc12. The number of amides is 1. The molecule has 35 heavy (non-hydrogen) atoms. The van der Waals surface area contributed by atoms with Gasteiger partial charge in [0.1, 0.15) is 5.82 Å². The third-order valence-corrected chi connectivity index (χ3v) is 6.52. The van der Waals surface area contributed by atoms with Gasteiger partial charge in [0.05, 0.1) is 18.7 Å². The van der Waals surface area contributed by atoms with Crippen LogP contribution < -0.4 is 10.2 Å². The van der Waals surface area contributed by atoms with Crippen LogP contribution in [0.2, 0.25) is 0 Å². The van der Waals surface area contributed by atoms with Crippen molar-refractivity contribution in [2.75, 3.05) is 50.8 Å². The number of rotatable bonds is 10. The van der Waals surface area contributed by atoms with Crippen LogP contribution in [0.1, 0.15) is 26.7 Å². The number of ether oxygens (including phenoxy) is 1. The second-order valence-electron chi connectivity index (χ2n) is 9.17. The number of morpholine rings is 1. The number of halogens is 1. The average Bonchev–Trinajstić information content (AvgIpc) is 2.85. The summed E-state index contributed by atoms with van der Waals surface area (Å²) in [6, 6.07) is 16.3. The predicted molar refractivity (Wildman–Crippen MR) is 145 cm³/mol. The van der Waals surface area contributed by atoms with Gasteiger partial charge in [-0.05, 0) is 44.5 Å². The first-order chi connectivity index (χ1) is 17.0. The maximum absolute atomic E-state index is 12.5. The minimum absolute atomic E-state index is 0.0590. The average molecular weight is 541 g/mol. The normalized spacial score (nSPS) is 14.4. The van der Waals surface area contributed by atoms with Crippen molar-refractivity contribution in [2.45, 2.75) is 32.7 Å². The molecule has 1 amide bonds. The van der Waals surface area contributed by atoms with E-state index in [-0.39, 0.29) is 11.9 Å². The van der Waals surface area contributed by atoms with E-state index >= 15 is 0 Å². The zero-order chi connectivity index (χ0) is 24.6. The van der Waals surface area contributed by atoms with E-state index in [1.165, 1.54) is 0 Å². The third kappa shape index (κ3) is 7.22. The molecule has 0 unspecified atom stereocenters. The maximum atomic E-state index is 12.5. The summed E-state index contributed by atoms with van der Waals surface area (Å²) in [7, 11) is 0. The first kappa shape index (κ1) is 25.5. The second kappa shape index (κ2) is 12.4. The number of fused-ring (bicyclic) bond motifs is 1. The highest BCUT2D eigenvalue weighted by atomic mass is 79.9. The summed E-state index contributed by atoms with van der Waals surface area (Å²) in [4.78, 5) is 27.1. The molecule has 1 aliphatic rings. The molecule has 0 radical (unpaired) electrons. The van der Waals surface area contributed by atoms with Gasteiger partial charge in [0, 0.05) is 60.6 Å². The number of anilines is 1. The predicted octanol–water partition coefficient (Wildman–Crippen LogP) is 4.50. The van der Waals surface area contributed by atoms with Gasteiger partial charge in [0.2, 0.25) is 5.91 Å². The van der Waals surface area contributed by atoms with Gasteiger partial charge < -0.3 is 15.0 Å². The molecule has 8 heteroatoms. The Morgan fingerprint density at radius 1 is 1.11 bits per heavy atom. The highest BCUT2D eigenvalue weighted by molar-refractivity contribution is 9.10. The minimum atomic E-state index is 0.0590. The molecule has 0 atom stereocenters. The molecule has 1 aliphatic heterocycles. The van der Waals surface area contributed by atoms with Crippen molar-refractivity contribution in [3.63, 3.8) is 0 Å². The lowest BCUT2D eigenvalue weighted by atomic mass is 10.1. The number of hydrogen-bond donors (Lipinski definition) is 1. The summed E-state index contributed by atoms with van der Waals surface area (Å²) >= 11 is 3.56. The van der Waals surface area contributed by atoms with Crippen molar-refractivity contribution >= 4 is 38.6 Å². The molecule has 1 saturated heterocycles. The van der Waals surface area contributed by atoms with E-state index in [1.54, 1.807) is 0 Å². The fourth-order valence-corrected chi connectivity index (χ4v) is 4.72. The smallest absolute Gasteiger partial charge is 0.221 e. The fourth-order valence-electron chi connectivity index (χ4n) is 4.32. The van der Waals surface area contributed by atoms with Gasteiger partial charge in [-0.15, -0.1) is 0 Å². The van der Waals surface area contributed by atoms with Gasteiger partial charge in [-0.3, -0.25) is 9.69 Å². The van der Waals surface area contributed by atoms with E-state index in [0.717, 1.165) is 72.6 Å². The third-order valence-electron chi connectivity index (χ3n) is 6.03. The first-order valence-electron chi connectivity index (χ1n) is 12.4. The van der Waals surface area contributed by atoms with Crippen molar-refractivity contribution in [1.29, 1.82) is 0 Å². The first-order valence-corrected chi connectivity index (χ1v) is 13.2. The standard InChI is InChI=1S/C27H34BrN5O2/c1-20(2)29-25(34)11-14-33(13-6-12-32-15-17-35-18-16-32)27-23-9-3-4-10-24(23)30-26(31-27)21-7-5-8-22(28)19-21/h3-5,7-10,19-20H,6,11-18H2,1-2H3,(H,29,34). The number of nitrogens with zero attached hydrogens (tertiary/aromatic N) is 4. The summed E-state index contributed by atoms with van der Waals surface area (Å²) < 4.78 is 6.48. The summed E-state index contributed by atoms with van der Waals surface area (Å²) in [6.45, 7) is 9.92. The molecule has 0 bridgehead atoms. The van der Waals surface area contributed by atoms with Crippen molar-refractivity contribution in [3.05, 3.63) is 53.0 Å². The number of carbonyl (C=O) groups excluding carboxylic acids is 1. The molecule has 186 valence electrons. The molecule has 1 fully saturated rings. The quantitative estimate of drug-likeness (QED) is 0.409. The number of carbonyl (C=O) groups is 1. The highest BCUT2D eigenvalue weighted by Gasteiger charge is 2.18. The van der Waals surface area contributed by atoms with Crippen molar-refractivity contribution in [1.82, 2.24) is 20.2 Å². The van der Waals surface area contributed by atoms with E-state index in [1.807, 2.05) is 56.3 Å². The molecule has 2 heterocycles. The van der Waals surface area contributed by atoms with Crippen LogP contribution in [-0.2, 0) is 9.53 Å². The summed E-state index contributed by atoms with van der Waals surface area (Å²) in [5.74, 6) is 1.62. The summed E-state index contributed by atoms with van der Waals surface area (Å²) in [5.41, 5.74) is 1.86. The Kier molecular flexibility index (Phi) is 9.06. The molecule has 4 rings (SSSR count). The van der Waals surface area contributed by atoms with Gasteiger partial charge in [-0.1, -0.05) is 40.2 Å². The lowest BCUT2D eigenvalue weighted by molar-refractivity contribution is -0.121. The zero-order valence-corrected chi connectivity index (χ0v) is 22.1. The molecule has 7 nitrogen and oxygen atoms in total. The highest BCUT2D eigenvalue weighted by Crippen LogP contribution is 2.29. The van der Waals surface area contributed by atoms with Crippen molar-refractivity contribution in [3.8, 4) is 11.4 Å². The zero-order valence-electron chi connectivity index (χ0n) is 20.5. The number of nitrogens with one attached hydrogen (secondary N) is 1. The van der Waals surface area contributed by atoms with Gasteiger partial charge in [-0.25, -0.2) is 9.97 Å². The van der Waals surface area contributed by atoms with Crippen LogP contribution in [0.4, 0.5) is 5.82 Å². The Balaban J connectivity index is 1.63. The fraction of sp³-hybridized carbons (Fsp3) is 0.444. The minimum Gasteiger partial charge on any atom is -0.379 e. The van der Waals surface area contributed by atoms with Crippen LogP contribution in [0.15, 0.2) is 53.0 Å². The van der Waals surface area contributed by atoms with Crippen LogP contribution in [0.25, 0.3) is 22.3 Å². The Morgan fingerprint density at radius 3 is 2.69 bits per heavy atom. The van der Waals surface area contributed by atoms with E-state index in [0.29, 0.717) is 18.8 Å². The van der Waals surface area contributed by atoms with Crippen LogP contribution >= 0.6 is 15.9 Å². The largest absolute Gasteiger partial charge is 0.379 e. The van der Waals surface area contributed by atoms with Gasteiger partial charge in [-0.2, -0.15) is 0 Å². The van der Waals surface area contributed by atoms with Gasteiger partial charge in [0.25, 0.3) is 0 Å². The van der Waals surface area contributed by atoms with E-state index < -0.39 is 0 Å². The molecule has 1 N–H and O–H groups in total. The van der Waals surface area contributed by atoms with Gasteiger partial charge >= 0.3 is 0 Å². The second-order valence-corrected chi connectivity index (χ2v) is 10.1. The molecule has 2 aromatic carbocycles. The topological polar surface area (TPSA) is 70.6 Å².